The Labute approximate surface area is 177 Å². The van der Waals surface area contributed by atoms with Gasteiger partial charge in [-0.3, -0.25) is 9.69 Å². The van der Waals surface area contributed by atoms with Gasteiger partial charge in [-0.25, -0.2) is 4.39 Å². The molecule has 1 amide bonds. The van der Waals surface area contributed by atoms with Crippen molar-refractivity contribution in [2.24, 2.45) is 5.92 Å². The molecule has 2 aliphatic rings. The van der Waals surface area contributed by atoms with Gasteiger partial charge in [-0.1, -0.05) is 24.3 Å². The standard InChI is InChI=1S/C24H27FN4O/c25-22-14-18(15-26)7-8-23(22)29-11-3-6-21(17-29)24(30)27-10-13-28-12-9-19-4-1-2-5-20(19)16-28/h1-2,4-5,7-8,14,21H,3,6,9-13,16-17H2,(H,27,30). The Kier molecular flexibility index (Phi) is 6.29. The number of hydrogen-bond donors (Lipinski definition) is 1. The molecule has 0 aliphatic carbocycles. The summed E-state index contributed by atoms with van der Waals surface area (Å²) in [5, 5.41) is 12.0. The number of anilines is 1. The fraction of sp³-hybridized carbons (Fsp3) is 0.417. The summed E-state index contributed by atoms with van der Waals surface area (Å²) < 4.78 is 14.4. The summed E-state index contributed by atoms with van der Waals surface area (Å²) in [4.78, 5) is 17.0. The third-order valence-corrected chi connectivity index (χ3v) is 6.15. The van der Waals surface area contributed by atoms with Crippen molar-refractivity contribution >= 4 is 11.6 Å². The van der Waals surface area contributed by atoms with Gasteiger partial charge < -0.3 is 10.2 Å². The zero-order valence-corrected chi connectivity index (χ0v) is 17.1. The van der Waals surface area contributed by atoms with Crippen molar-refractivity contribution in [3.05, 3.63) is 65.0 Å². The summed E-state index contributed by atoms with van der Waals surface area (Å²) in [6.45, 7) is 4.64. The molecule has 5 nitrogen and oxygen atoms in total. The van der Waals surface area contributed by atoms with E-state index in [0.717, 1.165) is 45.4 Å². The Morgan fingerprint density at radius 2 is 2.03 bits per heavy atom. The number of rotatable bonds is 5. The van der Waals surface area contributed by atoms with Crippen LogP contribution in [-0.2, 0) is 17.8 Å². The average molecular weight is 407 g/mol. The van der Waals surface area contributed by atoms with Gasteiger partial charge in [-0.2, -0.15) is 5.26 Å². The van der Waals surface area contributed by atoms with Crippen LogP contribution in [0.1, 0.15) is 29.5 Å². The first kappa shape index (κ1) is 20.4. The van der Waals surface area contributed by atoms with E-state index < -0.39 is 5.82 Å². The molecular weight excluding hydrogens is 379 g/mol. The maximum Gasteiger partial charge on any atom is 0.224 e. The van der Waals surface area contributed by atoms with E-state index >= 15 is 0 Å². The number of carbonyl (C=O) groups is 1. The molecule has 0 saturated carbocycles. The lowest BCUT2D eigenvalue weighted by atomic mass is 9.96. The molecule has 6 heteroatoms. The highest BCUT2D eigenvalue weighted by Gasteiger charge is 2.27. The van der Waals surface area contributed by atoms with Gasteiger partial charge in [0.2, 0.25) is 5.91 Å². The summed E-state index contributed by atoms with van der Waals surface area (Å²) in [5.41, 5.74) is 3.58. The van der Waals surface area contributed by atoms with E-state index in [-0.39, 0.29) is 11.8 Å². The molecule has 1 fully saturated rings. The number of benzene rings is 2. The second-order valence-electron chi connectivity index (χ2n) is 8.15. The number of hydrogen-bond acceptors (Lipinski definition) is 4. The van der Waals surface area contributed by atoms with Crippen molar-refractivity contribution in [2.45, 2.75) is 25.8 Å². The van der Waals surface area contributed by atoms with Gasteiger partial charge >= 0.3 is 0 Å². The van der Waals surface area contributed by atoms with E-state index in [1.165, 1.54) is 17.2 Å². The Balaban J connectivity index is 1.27. The largest absolute Gasteiger partial charge is 0.368 e. The first-order chi connectivity index (χ1) is 14.6. The van der Waals surface area contributed by atoms with Crippen LogP contribution in [0.2, 0.25) is 0 Å². The Bertz CT molecular complexity index is 954. The molecule has 0 radical (unpaired) electrons. The summed E-state index contributed by atoms with van der Waals surface area (Å²) in [7, 11) is 0. The second-order valence-corrected chi connectivity index (χ2v) is 8.15. The molecule has 0 aromatic heterocycles. The average Bonchev–Trinajstić information content (AvgIpc) is 2.79. The van der Waals surface area contributed by atoms with Crippen LogP contribution in [0.5, 0.6) is 0 Å². The number of carbonyl (C=O) groups excluding carboxylic acids is 1. The van der Waals surface area contributed by atoms with Crippen molar-refractivity contribution in [1.82, 2.24) is 10.2 Å². The fourth-order valence-electron chi connectivity index (χ4n) is 4.47. The molecule has 156 valence electrons. The molecular formula is C24H27FN4O. The molecule has 2 aliphatic heterocycles. The predicted molar refractivity (Wildman–Crippen MR) is 114 cm³/mol. The molecule has 2 aromatic carbocycles. The zero-order chi connectivity index (χ0) is 20.9. The number of halogens is 1. The van der Waals surface area contributed by atoms with E-state index in [2.05, 4.69) is 34.5 Å². The molecule has 0 bridgehead atoms. The lowest BCUT2D eigenvalue weighted by molar-refractivity contribution is -0.125. The van der Waals surface area contributed by atoms with Gasteiger partial charge in [0.1, 0.15) is 5.82 Å². The van der Waals surface area contributed by atoms with Gasteiger partial charge in [0.15, 0.2) is 0 Å². The number of amides is 1. The van der Waals surface area contributed by atoms with Crippen LogP contribution in [0.4, 0.5) is 10.1 Å². The van der Waals surface area contributed by atoms with E-state index in [9.17, 15) is 9.18 Å². The lowest BCUT2D eigenvalue weighted by Gasteiger charge is -2.34. The highest BCUT2D eigenvalue weighted by Crippen LogP contribution is 2.26. The summed E-state index contributed by atoms with van der Waals surface area (Å²) >= 11 is 0. The van der Waals surface area contributed by atoms with Gasteiger partial charge in [-0.05, 0) is 48.6 Å². The monoisotopic (exact) mass is 406 g/mol. The first-order valence-electron chi connectivity index (χ1n) is 10.7. The smallest absolute Gasteiger partial charge is 0.224 e. The quantitative estimate of drug-likeness (QED) is 0.829. The van der Waals surface area contributed by atoms with Crippen molar-refractivity contribution in [3.8, 4) is 6.07 Å². The number of fused-ring (bicyclic) bond motifs is 1. The van der Waals surface area contributed by atoms with Crippen LogP contribution in [-0.4, -0.2) is 43.5 Å². The molecule has 1 N–H and O–H groups in total. The van der Waals surface area contributed by atoms with Gasteiger partial charge in [0.05, 0.1) is 23.2 Å². The number of nitrogens with zero attached hydrogens (tertiary/aromatic N) is 3. The van der Waals surface area contributed by atoms with E-state index in [4.69, 9.17) is 5.26 Å². The summed E-state index contributed by atoms with van der Waals surface area (Å²) in [5.74, 6) is -0.498. The minimum Gasteiger partial charge on any atom is -0.368 e. The molecule has 2 heterocycles. The number of nitrogens with one attached hydrogen (secondary N) is 1. The Morgan fingerprint density at radius 1 is 1.20 bits per heavy atom. The van der Waals surface area contributed by atoms with E-state index in [0.29, 0.717) is 24.3 Å². The molecule has 2 aromatic rings. The maximum absolute atomic E-state index is 14.4. The molecule has 0 spiro atoms. The van der Waals surface area contributed by atoms with Gasteiger partial charge in [0.25, 0.3) is 0 Å². The van der Waals surface area contributed by atoms with Crippen molar-refractivity contribution in [1.29, 1.82) is 5.26 Å². The highest BCUT2D eigenvalue weighted by atomic mass is 19.1. The van der Waals surface area contributed by atoms with Crippen LogP contribution in [0, 0.1) is 23.1 Å². The first-order valence-corrected chi connectivity index (χ1v) is 10.7. The van der Waals surface area contributed by atoms with Gasteiger partial charge in [0, 0.05) is 39.3 Å². The third kappa shape index (κ3) is 4.63. The summed E-state index contributed by atoms with van der Waals surface area (Å²) in [6.07, 6.45) is 2.72. The van der Waals surface area contributed by atoms with E-state index in [1.807, 2.05) is 11.0 Å². The molecule has 1 atom stereocenters. The highest BCUT2D eigenvalue weighted by molar-refractivity contribution is 5.79. The molecule has 1 saturated heterocycles. The Hall–Kier alpha value is -2.91. The van der Waals surface area contributed by atoms with Crippen molar-refractivity contribution < 1.29 is 9.18 Å². The molecule has 30 heavy (non-hydrogen) atoms. The van der Waals surface area contributed by atoms with Crippen LogP contribution < -0.4 is 10.2 Å². The van der Waals surface area contributed by atoms with Crippen LogP contribution >= 0.6 is 0 Å². The van der Waals surface area contributed by atoms with Crippen molar-refractivity contribution in [2.75, 3.05) is 37.6 Å². The lowest BCUT2D eigenvalue weighted by Crippen LogP contribution is -2.45. The van der Waals surface area contributed by atoms with E-state index in [1.54, 1.807) is 12.1 Å². The zero-order valence-electron chi connectivity index (χ0n) is 17.1. The third-order valence-electron chi connectivity index (χ3n) is 6.15. The van der Waals surface area contributed by atoms with Crippen molar-refractivity contribution in [3.63, 3.8) is 0 Å². The minimum atomic E-state index is -0.402. The Morgan fingerprint density at radius 3 is 2.83 bits per heavy atom. The van der Waals surface area contributed by atoms with Crippen LogP contribution in [0.3, 0.4) is 0 Å². The van der Waals surface area contributed by atoms with Gasteiger partial charge in [-0.15, -0.1) is 0 Å². The summed E-state index contributed by atoms with van der Waals surface area (Å²) in [6, 6.07) is 15.0. The number of piperidine rings is 1. The minimum absolute atomic E-state index is 0.0474. The molecule has 1 unspecified atom stereocenters. The van der Waals surface area contributed by atoms with Crippen LogP contribution in [0.15, 0.2) is 42.5 Å². The normalized spacial score (nSPS) is 19.1. The predicted octanol–water partition coefficient (Wildman–Crippen LogP) is 3.09. The maximum atomic E-state index is 14.4. The molecule has 4 rings (SSSR count). The SMILES string of the molecule is N#Cc1ccc(N2CCCC(C(=O)NCCN3CCc4ccccc4C3)C2)c(F)c1. The second kappa shape index (κ2) is 9.27. The fourth-order valence-corrected chi connectivity index (χ4v) is 4.47. The number of nitriles is 1. The van der Waals surface area contributed by atoms with Crippen LogP contribution in [0.25, 0.3) is 0 Å². The topological polar surface area (TPSA) is 59.4 Å².